The number of fused-ring (bicyclic) bond motifs is 1. The molecular formula is C28H30N4O3. The van der Waals surface area contributed by atoms with Crippen molar-refractivity contribution in [3.05, 3.63) is 99.3 Å². The van der Waals surface area contributed by atoms with Crippen LogP contribution >= 0.6 is 0 Å². The predicted molar refractivity (Wildman–Crippen MR) is 141 cm³/mol. The maximum atomic E-state index is 13.3. The van der Waals surface area contributed by atoms with Gasteiger partial charge < -0.3 is 15.7 Å². The van der Waals surface area contributed by atoms with Crippen LogP contribution in [0.4, 0.5) is 11.6 Å². The molecule has 0 fully saturated rings. The summed E-state index contributed by atoms with van der Waals surface area (Å²) in [4.78, 5) is 29.8. The first-order chi connectivity index (χ1) is 16.8. The number of aryl methyl sites for hydroxylation is 1. The molecule has 7 heteroatoms. The average Bonchev–Trinajstić information content (AvgIpc) is 2.85. The first-order valence-electron chi connectivity index (χ1n) is 11.6. The van der Waals surface area contributed by atoms with E-state index in [0.717, 1.165) is 11.1 Å². The van der Waals surface area contributed by atoms with Gasteiger partial charge in [0.1, 0.15) is 0 Å². The first kappa shape index (κ1) is 24.0. The molecule has 1 aromatic heterocycles. The van der Waals surface area contributed by atoms with E-state index < -0.39 is 5.97 Å². The molecule has 7 nitrogen and oxygen atoms in total. The number of hydrogen-bond acceptors (Lipinski definition) is 5. The van der Waals surface area contributed by atoms with E-state index in [2.05, 4.69) is 29.7 Å². The molecule has 4 aromatic rings. The zero-order valence-electron chi connectivity index (χ0n) is 20.4. The Bertz CT molecular complexity index is 1430. The third-order valence-corrected chi connectivity index (χ3v) is 6.29. The maximum absolute atomic E-state index is 13.3. The van der Waals surface area contributed by atoms with Crippen LogP contribution in [-0.4, -0.2) is 27.2 Å². The number of carbonyl (C=O) groups is 1. The Morgan fingerprint density at radius 2 is 1.74 bits per heavy atom. The lowest BCUT2D eigenvalue weighted by Crippen LogP contribution is -2.25. The summed E-state index contributed by atoms with van der Waals surface area (Å²) >= 11 is 0. The number of carboxylic acid groups (broad SMARTS) is 1. The molecule has 2 atom stereocenters. The topological polar surface area (TPSA) is 96.2 Å². The van der Waals surface area contributed by atoms with E-state index in [1.54, 1.807) is 35.9 Å². The summed E-state index contributed by atoms with van der Waals surface area (Å²) in [6, 6.07) is 20.5. The van der Waals surface area contributed by atoms with Crippen LogP contribution < -0.4 is 16.2 Å². The summed E-state index contributed by atoms with van der Waals surface area (Å²) in [6.07, 6.45) is 0. The number of carboxylic acids is 1. The van der Waals surface area contributed by atoms with Crippen molar-refractivity contribution in [1.82, 2.24) is 9.55 Å². The number of aromatic carboxylic acids is 1. The van der Waals surface area contributed by atoms with Gasteiger partial charge >= 0.3 is 5.97 Å². The van der Waals surface area contributed by atoms with Crippen molar-refractivity contribution >= 4 is 28.5 Å². The van der Waals surface area contributed by atoms with E-state index in [4.69, 9.17) is 4.98 Å². The van der Waals surface area contributed by atoms with E-state index in [-0.39, 0.29) is 23.1 Å². The minimum Gasteiger partial charge on any atom is -0.478 e. The summed E-state index contributed by atoms with van der Waals surface area (Å²) in [5.74, 6) is -0.275. The molecule has 0 bridgehead atoms. The minimum atomic E-state index is -1.000. The lowest BCUT2D eigenvalue weighted by atomic mass is 10.0. The van der Waals surface area contributed by atoms with Crippen LogP contribution in [0.5, 0.6) is 0 Å². The van der Waals surface area contributed by atoms with Crippen LogP contribution in [-0.2, 0) is 7.05 Å². The van der Waals surface area contributed by atoms with Gasteiger partial charge in [0, 0.05) is 24.8 Å². The molecular weight excluding hydrogens is 440 g/mol. The van der Waals surface area contributed by atoms with Gasteiger partial charge in [-0.2, -0.15) is 0 Å². The van der Waals surface area contributed by atoms with E-state index in [1.807, 2.05) is 44.2 Å². The summed E-state index contributed by atoms with van der Waals surface area (Å²) in [6.45, 7) is 6.63. The lowest BCUT2D eigenvalue weighted by molar-refractivity contribution is 0.0698. The van der Waals surface area contributed by atoms with Crippen LogP contribution in [0.2, 0.25) is 0 Å². The smallest absolute Gasteiger partial charge is 0.337 e. The summed E-state index contributed by atoms with van der Waals surface area (Å²) < 4.78 is 1.54. The molecule has 1 unspecified atom stereocenters. The zero-order chi connectivity index (χ0) is 25.1. The summed E-state index contributed by atoms with van der Waals surface area (Å²) in [5.41, 5.74) is 4.15. The standard InChI is InChI=1S/C28H30N4O3/c1-17-14-22(19(3)30-24-13-9-8-12-21(24)27(34)35)25-23(15-17)26(33)32(4)28(31-25)29-16-18(2)20-10-6-5-7-11-20/h5-15,18-19,30H,16H2,1-4H3,(H,29,31)(H,34,35)/t18-,19?/m1/s1. The molecule has 0 aliphatic carbocycles. The number of nitrogens with zero attached hydrogens (tertiary/aromatic N) is 2. The van der Waals surface area contributed by atoms with Gasteiger partial charge in [0.2, 0.25) is 5.95 Å². The van der Waals surface area contributed by atoms with Crippen LogP contribution in [0.1, 0.15) is 52.9 Å². The van der Waals surface area contributed by atoms with Crippen molar-refractivity contribution in [3.8, 4) is 0 Å². The monoisotopic (exact) mass is 470 g/mol. The highest BCUT2D eigenvalue weighted by molar-refractivity contribution is 5.94. The van der Waals surface area contributed by atoms with Gasteiger partial charge in [-0.05, 0) is 49.1 Å². The Morgan fingerprint density at radius 3 is 2.46 bits per heavy atom. The molecule has 0 spiro atoms. The largest absolute Gasteiger partial charge is 0.478 e. The van der Waals surface area contributed by atoms with Crippen molar-refractivity contribution in [1.29, 1.82) is 0 Å². The van der Waals surface area contributed by atoms with Crippen LogP contribution in [0.25, 0.3) is 10.9 Å². The Morgan fingerprint density at radius 1 is 1.06 bits per heavy atom. The number of para-hydroxylation sites is 1. The van der Waals surface area contributed by atoms with E-state index in [9.17, 15) is 14.7 Å². The fourth-order valence-corrected chi connectivity index (χ4v) is 4.29. The van der Waals surface area contributed by atoms with Gasteiger partial charge in [-0.25, -0.2) is 9.78 Å². The lowest BCUT2D eigenvalue weighted by Gasteiger charge is -2.21. The number of anilines is 2. The summed E-state index contributed by atoms with van der Waals surface area (Å²) in [7, 11) is 1.72. The quantitative estimate of drug-likeness (QED) is 0.322. The third kappa shape index (κ3) is 5.04. The Balaban J connectivity index is 1.71. The van der Waals surface area contributed by atoms with Crippen molar-refractivity contribution in [2.75, 3.05) is 17.2 Å². The van der Waals surface area contributed by atoms with Crippen LogP contribution in [0, 0.1) is 6.92 Å². The van der Waals surface area contributed by atoms with Crippen LogP contribution in [0.15, 0.2) is 71.5 Å². The van der Waals surface area contributed by atoms with Crippen LogP contribution in [0.3, 0.4) is 0 Å². The van der Waals surface area contributed by atoms with E-state index >= 15 is 0 Å². The molecule has 3 N–H and O–H groups in total. The summed E-state index contributed by atoms with van der Waals surface area (Å²) in [5, 5.41) is 16.7. The van der Waals surface area contributed by atoms with Crippen molar-refractivity contribution in [3.63, 3.8) is 0 Å². The second-order valence-electron chi connectivity index (χ2n) is 8.96. The van der Waals surface area contributed by atoms with Crippen molar-refractivity contribution in [2.24, 2.45) is 7.05 Å². The number of benzene rings is 3. The second kappa shape index (κ2) is 10.0. The van der Waals surface area contributed by atoms with Crippen molar-refractivity contribution in [2.45, 2.75) is 32.7 Å². The molecule has 0 aliphatic heterocycles. The Kier molecular flexibility index (Phi) is 6.87. The molecule has 0 saturated carbocycles. The molecule has 1 heterocycles. The second-order valence-corrected chi connectivity index (χ2v) is 8.96. The SMILES string of the molecule is Cc1cc(C(C)Nc2ccccc2C(=O)O)c2nc(NC[C@@H](C)c3ccccc3)n(C)c(=O)c2c1. The molecule has 35 heavy (non-hydrogen) atoms. The molecule has 0 amide bonds. The molecule has 180 valence electrons. The number of aromatic nitrogens is 2. The molecule has 0 aliphatic rings. The fraction of sp³-hybridized carbons (Fsp3) is 0.250. The predicted octanol–water partition coefficient (Wildman–Crippen LogP) is 5.33. The molecule has 3 aromatic carbocycles. The highest BCUT2D eigenvalue weighted by Crippen LogP contribution is 2.28. The van der Waals surface area contributed by atoms with Gasteiger partial charge in [0.05, 0.1) is 22.5 Å². The highest BCUT2D eigenvalue weighted by atomic mass is 16.4. The Labute approximate surface area is 204 Å². The Hall–Kier alpha value is -4.13. The van der Waals surface area contributed by atoms with Gasteiger partial charge in [-0.1, -0.05) is 55.5 Å². The van der Waals surface area contributed by atoms with Crippen molar-refractivity contribution < 1.29 is 9.90 Å². The van der Waals surface area contributed by atoms with E-state index in [0.29, 0.717) is 29.1 Å². The normalized spacial score (nSPS) is 12.8. The van der Waals surface area contributed by atoms with Gasteiger partial charge in [-0.3, -0.25) is 9.36 Å². The number of rotatable bonds is 8. The van der Waals surface area contributed by atoms with E-state index in [1.165, 1.54) is 5.56 Å². The first-order valence-corrected chi connectivity index (χ1v) is 11.6. The highest BCUT2D eigenvalue weighted by Gasteiger charge is 2.19. The fourth-order valence-electron chi connectivity index (χ4n) is 4.29. The average molecular weight is 471 g/mol. The third-order valence-electron chi connectivity index (χ3n) is 6.29. The molecule has 0 radical (unpaired) electrons. The van der Waals surface area contributed by atoms with Gasteiger partial charge in [0.25, 0.3) is 5.56 Å². The van der Waals surface area contributed by atoms with Gasteiger partial charge in [-0.15, -0.1) is 0 Å². The minimum absolute atomic E-state index is 0.132. The number of nitrogens with one attached hydrogen (secondary N) is 2. The zero-order valence-corrected chi connectivity index (χ0v) is 20.4. The maximum Gasteiger partial charge on any atom is 0.337 e. The number of hydrogen-bond donors (Lipinski definition) is 3. The molecule has 4 rings (SSSR count). The molecule has 0 saturated heterocycles. The van der Waals surface area contributed by atoms with Gasteiger partial charge in [0.15, 0.2) is 0 Å².